The molecule has 0 fully saturated rings. The first kappa shape index (κ1) is 14.2. The van der Waals surface area contributed by atoms with Crippen LogP contribution in [0.4, 0.5) is 0 Å². The van der Waals surface area contributed by atoms with E-state index in [1.54, 1.807) is 0 Å². The predicted molar refractivity (Wildman–Crippen MR) is 70.9 cm³/mol. The zero-order valence-corrected chi connectivity index (χ0v) is 10.5. The molecular weight excluding hydrogens is 234 g/mol. The zero-order valence-electron chi connectivity index (χ0n) is 7.93. The van der Waals surface area contributed by atoms with Crippen LogP contribution in [-0.2, 0) is 0 Å². The van der Waals surface area contributed by atoms with Crippen LogP contribution in [0.1, 0.15) is 6.42 Å². The molecule has 0 aromatic heterocycles. The minimum absolute atomic E-state index is 0. The summed E-state index contributed by atoms with van der Waals surface area (Å²) in [5.74, 6) is 1.85. The molecule has 0 radical (unpaired) electrons. The van der Waals surface area contributed by atoms with Gasteiger partial charge in [-0.1, -0.05) is 18.2 Å². The first-order chi connectivity index (χ1) is 6.33. The van der Waals surface area contributed by atoms with Gasteiger partial charge in [0.15, 0.2) is 0 Å². The van der Waals surface area contributed by atoms with Gasteiger partial charge in [-0.15, -0.1) is 24.2 Å². The molecule has 0 saturated heterocycles. The third kappa shape index (κ3) is 5.81. The summed E-state index contributed by atoms with van der Waals surface area (Å²) in [5, 5.41) is 0. The minimum atomic E-state index is 0. The summed E-state index contributed by atoms with van der Waals surface area (Å²) >= 11 is 5.99. The van der Waals surface area contributed by atoms with Crippen molar-refractivity contribution in [3.05, 3.63) is 30.3 Å². The van der Waals surface area contributed by atoms with Crippen molar-refractivity contribution in [3.8, 4) is 0 Å². The van der Waals surface area contributed by atoms with E-state index in [0.29, 0.717) is 0 Å². The number of hydrogen-bond acceptors (Lipinski definition) is 3. The van der Waals surface area contributed by atoms with E-state index < -0.39 is 0 Å². The van der Waals surface area contributed by atoms with Crippen LogP contribution in [-0.4, -0.2) is 17.5 Å². The van der Waals surface area contributed by atoms with Gasteiger partial charge in [0.2, 0.25) is 0 Å². The molecule has 0 heterocycles. The fourth-order valence-electron chi connectivity index (χ4n) is 0.936. The smallest absolute Gasteiger partial charge is 0.0135 e. The summed E-state index contributed by atoms with van der Waals surface area (Å²) < 4.78 is 0. The number of hydrogen-bond donors (Lipinski definition) is 2. The number of halogens is 1. The van der Waals surface area contributed by atoms with Crippen molar-refractivity contribution in [2.45, 2.75) is 17.4 Å². The average Bonchev–Trinajstić information content (AvgIpc) is 2.19. The second kappa shape index (κ2) is 8.48. The van der Waals surface area contributed by atoms with Crippen LogP contribution in [0.25, 0.3) is 0 Å². The molecule has 0 aliphatic rings. The lowest BCUT2D eigenvalue weighted by molar-refractivity contribution is 0.733. The van der Waals surface area contributed by atoms with Crippen LogP contribution in [0.2, 0.25) is 0 Å². The SMILES string of the molecule is Cl.N[C@@H](CS)CCSc1ccccc1. The van der Waals surface area contributed by atoms with E-state index in [2.05, 4.69) is 36.9 Å². The maximum absolute atomic E-state index is 5.75. The summed E-state index contributed by atoms with van der Waals surface area (Å²) in [6.45, 7) is 0. The van der Waals surface area contributed by atoms with Gasteiger partial charge in [0.05, 0.1) is 0 Å². The Morgan fingerprint density at radius 2 is 1.93 bits per heavy atom. The molecule has 0 amide bonds. The Morgan fingerprint density at radius 1 is 1.29 bits per heavy atom. The van der Waals surface area contributed by atoms with Crippen molar-refractivity contribution in [3.63, 3.8) is 0 Å². The van der Waals surface area contributed by atoms with Crippen LogP contribution in [0.15, 0.2) is 35.2 Å². The third-order valence-corrected chi connectivity index (χ3v) is 3.25. The topological polar surface area (TPSA) is 26.0 Å². The fourth-order valence-corrected chi connectivity index (χ4v) is 2.12. The Kier molecular flexibility index (Phi) is 8.58. The van der Waals surface area contributed by atoms with Gasteiger partial charge in [0.25, 0.3) is 0 Å². The standard InChI is InChI=1S/C10H15NS2.ClH/c11-9(8-12)6-7-13-10-4-2-1-3-5-10;/h1-5,9,12H,6-8,11H2;1H/t9-;/m1./s1. The van der Waals surface area contributed by atoms with Crippen molar-refractivity contribution >= 4 is 36.8 Å². The summed E-state index contributed by atoms with van der Waals surface area (Å²) in [5.41, 5.74) is 5.75. The third-order valence-electron chi connectivity index (χ3n) is 1.74. The molecule has 80 valence electrons. The molecule has 0 aliphatic heterocycles. The Balaban J connectivity index is 0.00000169. The highest BCUT2D eigenvalue weighted by Gasteiger charge is 1.99. The van der Waals surface area contributed by atoms with Crippen LogP contribution in [0.5, 0.6) is 0 Å². The van der Waals surface area contributed by atoms with Gasteiger partial charge in [-0.05, 0) is 24.3 Å². The minimum Gasteiger partial charge on any atom is -0.327 e. The number of benzene rings is 1. The Labute approximate surface area is 102 Å². The molecule has 0 aliphatic carbocycles. The molecule has 1 rings (SSSR count). The highest BCUT2D eigenvalue weighted by Crippen LogP contribution is 2.18. The second-order valence-electron chi connectivity index (χ2n) is 2.89. The summed E-state index contributed by atoms with van der Waals surface area (Å²) in [7, 11) is 0. The Bertz CT molecular complexity index is 231. The Hall–Kier alpha value is 0.170. The molecule has 14 heavy (non-hydrogen) atoms. The molecule has 0 bridgehead atoms. The van der Waals surface area contributed by atoms with Gasteiger partial charge in [-0.25, -0.2) is 0 Å². The number of thiol groups is 1. The van der Waals surface area contributed by atoms with Crippen molar-refractivity contribution in [1.29, 1.82) is 0 Å². The molecule has 0 saturated carbocycles. The van der Waals surface area contributed by atoms with Crippen LogP contribution < -0.4 is 5.73 Å². The Morgan fingerprint density at radius 3 is 2.50 bits per heavy atom. The maximum atomic E-state index is 5.75. The van der Waals surface area contributed by atoms with Gasteiger partial charge < -0.3 is 5.73 Å². The van der Waals surface area contributed by atoms with E-state index in [9.17, 15) is 0 Å². The lowest BCUT2D eigenvalue weighted by Crippen LogP contribution is -2.22. The fraction of sp³-hybridized carbons (Fsp3) is 0.400. The summed E-state index contributed by atoms with van der Waals surface area (Å²) in [6, 6.07) is 10.6. The first-order valence-corrected chi connectivity index (χ1v) is 5.99. The van der Waals surface area contributed by atoms with Crippen molar-refractivity contribution in [2.75, 3.05) is 11.5 Å². The van der Waals surface area contributed by atoms with Gasteiger partial charge in [0.1, 0.15) is 0 Å². The quantitative estimate of drug-likeness (QED) is 0.620. The average molecular weight is 250 g/mol. The normalized spacial score (nSPS) is 11.9. The molecule has 4 heteroatoms. The molecule has 1 nitrogen and oxygen atoms in total. The van der Waals surface area contributed by atoms with Crippen LogP contribution in [0.3, 0.4) is 0 Å². The number of nitrogens with two attached hydrogens (primary N) is 1. The summed E-state index contributed by atoms with van der Waals surface area (Å²) in [6.07, 6.45) is 1.03. The van der Waals surface area contributed by atoms with E-state index in [1.165, 1.54) is 4.90 Å². The van der Waals surface area contributed by atoms with Crippen molar-refractivity contribution in [1.82, 2.24) is 0 Å². The van der Waals surface area contributed by atoms with E-state index in [4.69, 9.17) is 5.73 Å². The lowest BCUT2D eigenvalue weighted by Gasteiger charge is -2.06. The van der Waals surface area contributed by atoms with E-state index >= 15 is 0 Å². The number of thioether (sulfide) groups is 1. The van der Waals surface area contributed by atoms with E-state index in [0.717, 1.165) is 17.9 Å². The monoisotopic (exact) mass is 249 g/mol. The van der Waals surface area contributed by atoms with Crippen LogP contribution >= 0.6 is 36.8 Å². The number of rotatable bonds is 5. The maximum Gasteiger partial charge on any atom is 0.0135 e. The molecule has 0 unspecified atom stereocenters. The molecular formula is C10H16ClNS2. The zero-order chi connectivity index (χ0) is 9.52. The highest BCUT2D eigenvalue weighted by atomic mass is 35.5. The predicted octanol–water partition coefficient (Wildman–Crippen LogP) is 2.85. The summed E-state index contributed by atoms with van der Waals surface area (Å²) in [4.78, 5) is 1.31. The first-order valence-electron chi connectivity index (χ1n) is 4.37. The van der Waals surface area contributed by atoms with E-state index in [1.807, 2.05) is 17.8 Å². The molecule has 1 aromatic rings. The molecule has 1 aromatic carbocycles. The molecule has 2 N–H and O–H groups in total. The lowest BCUT2D eigenvalue weighted by atomic mass is 10.3. The largest absolute Gasteiger partial charge is 0.327 e. The van der Waals surface area contributed by atoms with Gasteiger partial charge >= 0.3 is 0 Å². The van der Waals surface area contributed by atoms with Gasteiger partial charge in [0, 0.05) is 16.7 Å². The van der Waals surface area contributed by atoms with Gasteiger partial charge in [-0.2, -0.15) is 12.6 Å². The second-order valence-corrected chi connectivity index (χ2v) is 4.43. The molecule has 1 atom stereocenters. The molecule has 0 spiro atoms. The van der Waals surface area contributed by atoms with Crippen LogP contribution in [0, 0.1) is 0 Å². The highest BCUT2D eigenvalue weighted by molar-refractivity contribution is 7.99. The van der Waals surface area contributed by atoms with Crippen molar-refractivity contribution in [2.24, 2.45) is 5.73 Å². The van der Waals surface area contributed by atoms with E-state index in [-0.39, 0.29) is 18.4 Å². The van der Waals surface area contributed by atoms with Gasteiger partial charge in [-0.3, -0.25) is 0 Å². The van der Waals surface area contributed by atoms with Crippen molar-refractivity contribution < 1.29 is 0 Å².